The summed E-state index contributed by atoms with van der Waals surface area (Å²) in [5.41, 5.74) is 0. The van der Waals surface area contributed by atoms with E-state index in [2.05, 4.69) is 0 Å². The molecule has 0 amide bonds. The Kier molecular flexibility index (Phi) is 3.92. The Labute approximate surface area is 83.6 Å². The lowest BCUT2D eigenvalue weighted by molar-refractivity contribution is -0.149. The molecule has 0 saturated heterocycles. The highest BCUT2D eigenvalue weighted by atomic mass is 16.5. The van der Waals surface area contributed by atoms with Crippen LogP contribution < -0.4 is 0 Å². The molecule has 0 aromatic carbocycles. The summed E-state index contributed by atoms with van der Waals surface area (Å²) in [5, 5.41) is 0. The average Bonchev–Trinajstić information content (AvgIpc) is 2.01. The third-order valence-corrected chi connectivity index (χ3v) is 2.58. The fourth-order valence-corrected chi connectivity index (χ4v) is 1.53. The van der Waals surface area contributed by atoms with Gasteiger partial charge in [-0.1, -0.05) is 0 Å². The summed E-state index contributed by atoms with van der Waals surface area (Å²) >= 11 is 0. The van der Waals surface area contributed by atoms with Crippen LogP contribution in [0.4, 0.5) is 0 Å². The zero-order valence-electron chi connectivity index (χ0n) is 8.62. The predicted octanol–water partition coefficient (Wildman–Crippen LogP) is 1.14. The minimum absolute atomic E-state index is 0.247. The Bertz CT molecular complexity index is 200. The summed E-state index contributed by atoms with van der Waals surface area (Å²) in [6, 6.07) is 0. The second-order valence-corrected chi connectivity index (χ2v) is 3.70. The number of ether oxygens (including phenoxy) is 2. The van der Waals surface area contributed by atoms with Crippen LogP contribution in [-0.2, 0) is 19.1 Å². The number of carbonyl (C=O) groups is 2. The molecular weight excluding hydrogens is 184 g/mol. The van der Waals surface area contributed by atoms with Gasteiger partial charge in [0.25, 0.3) is 0 Å². The summed E-state index contributed by atoms with van der Waals surface area (Å²) in [5.74, 6) is 0.253. The monoisotopic (exact) mass is 200 g/mol. The van der Waals surface area contributed by atoms with Crippen molar-refractivity contribution in [2.75, 3.05) is 13.2 Å². The van der Waals surface area contributed by atoms with Crippen LogP contribution in [0, 0.1) is 11.8 Å². The van der Waals surface area contributed by atoms with E-state index in [-0.39, 0.29) is 11.9 Å². The Morgan fingerprint density at radius 2 is 1.36 bits per heavy atom. The first-order chi connectivity index (χ1) is 6.59. The molecule has 4 nitrogen and oxygen atoms in total. The first-order valence-electron chi connectivity index (χ1n) is 4.86. The third-order valence-electron chi connectivity index (χ3n) is 2.58. The van der Waals surface area contributed by atoms with Gasteiger partial charge in [0.1, 0.15) is 0 Å². The van der Waals surface area contributed by atoms with E-state index in [1.54, 1.807) is 0 Å². The van der Waals surface area contributed by atoms with Crippen molar-refractivity contribution in [3.8, 4) is 0 Å². The van der Waals surface area contributed by atoms with Crippen LogP contribution in [0.25, 0.3) is 0 Å². The van der Waals surface area contributed by atoms with E-state index in [1.807, 2.05) is 0 Å². The minimum atomic E-state index is -0.247. The van der Waals surface area contributed by atoms with Crippen LogP contribution in [0.3, 0.4) is 0 Å². The molecule has 14 heavy (non-hydrogen) atoms. The van der Waals surface area contributed by atoms with Gasteiger partial charge in [-0.05, 0) is 24.7 Å². The first-order valence-corrected chi connectivity index (χ1v) is 4.86. The minimum Gasteiger partial charge on any atom is -0.466 e. The molecule has 1 rings (SSSR count). The lowest BCUT2D eigenvalue weighted by Crippen LogP contribution is -2.34. The summed E-state index contributed by atoms with van der Waals surface area (Å²) in [7, 11) is 0. The van der Waals surface area contributed by atoms with Crippen molar-refractivity contribution in [2.24, 2.45) is 11.8 Å². The maximum absolute atomic E-state index is 10.6. The molecule has 1 aliphatic carbocycles. The van der Waals surface area contributed by atoms with Crippen LogP contribution in [0.1, 0.15) is 26.7 Å². The van der Waals surface area contributed by atoms with E-state index in [9.17, 15) is 9.59 Å². The first kappa shape index (κ1) is 11.0. The van der Waals surface area contributed by atoms with Crippen LogP contribution in [0.5, 0.6) is 0 Å². The van der Waals surface area contributed by atoms with Gasteiger partial charge in [-0.2, -0.15) is 0 Å². The SMILES string of the molecule is CC(=O)OCC1CCC1COC(C)=O. The number of hydrogen-bond donors (Lipinski definition) is 0. The molecule has 4 heteroatoms. The van der Waals surface area contributed by atoms with E-state index >= 15 is 0 Å². The van der Waals surface area contributed by atoms with Crippen LogP contribution in [0.2, 0.25) is 0 Å². The number of hydrogen-bond acceptors (Lipinski definition) is 4. The fourth-order valence-electron chi connectivity index (χ4n) is 1.53. The van der Waals surface area contributed by atoms with Crippen molar-refractivity contribution in [2.45, 2.75) is 26.7 Å². The highest BCUT2D eigenvalue weighted by molar-refractivity contribution is 5.66. The van der Waals surface area contributed by atoms with Gasteiger partial charge < -0.3 is 9.47 Å². The van der Waals surface area contributed by atoms with Crippen molar-refractivity contribution in [3.63, 3.8) is 0 Å². The second kappa shape index (κ2) is 4.98. The van der Waals surface area contributed by atoms with Gasteiger partial charge in [0.15, 0.2) is 0 Å². The molecule has 0 aromatic rings. The van der Waals surface area contributed by atoms with Crippen LogP contribution in [0.15, 0.2) is 0 Å². The third kappa shape index (κ3) is 3.36. The van der Waals surface area contributed by atoms with Crippen molar-refractivity contribution in [1.82, 2.24) is 0 Å². The Balaban J connectivity index is 2.15. The Morgan fingerprint density at radius 1 is 1.00 bits per heavy atom. The standard InChI is InChI=1S/C10H16O4/c1-7(11)13-5-9-3-4-10(9)6-14-8(2)12/h9-10H,3-6H2,1-2H3. The lowest BCUT2D eigenvalue weighted by atomic mass is 9.75. The largest absolute Gasteiger partial charge is 0.466 e. The molecule has 1 aliphatic rings. The van der Waals surface area contributed by atoms with Crippen molar-refractivity contribution >= 4 is 11.9 Å². The van der Waals surface area contributed by atoms with Crippen LogP contribution in [-0.4, -0.2) is 25.2 Å². The maximum atomic E-state index is 10.6. The van der Waals surface area contributed by atoms with Crippen molar-refractivity contribution in [1.29, 1.82) is 0 Å². The molecule has 2 unspecified atom stereocenters. The van der Waals surface area contributed by atoms with Crippen LogP contribution >= 0.6 is 0 Å². The molecular formula is C10H16O4. The average molecular weight is 200 g/mol. The Morgan fingerprint density at radius 3 is 1.57 bits per heavy atom. The van der Waals surface area contributed by atoms with E-state index in [1.165, 1.54) is 13.8 Å². The molecule has 0 spiro atoms. The van der Waals surface area contributed by atoms with Crippen molar-refractivity contribution < 1.29 is 19.1 Å². The molecule has 0 bridgehead atoms. The van der Waals surface area contributed by atoms with Gasteiger partial charge in [-0.3, -0.25) is 9.59 Å². The van der Waals surface area contributed by atoms with E-state index < -0.39 is 0 Å². The molecule has 1 fully saturated rings. The maximum Gasteiger partial charge on any atom is 0.302 e. The van der Waals surface area contributed by atoms with Gasteiger partial charge in [-0.25, -0.2) is 0 Å². The molecule has 0 aliphatic heterocycles. The quantitative estimate of drug-likeness (QED) is 0.638. The smallest absolute Gasteiger partial charge is 0.302 e. The zero-order chi connectivity index (χ0) is 10.6. The Hall–Kier alpha value is -1.06. The fraction of sp³-hybridized carbons (Fsp3) is 0.800. The van der Waals surface area contributed by atoms with Gasteiger partial charge in [-0.15, -0.1) is 0 Å². The van der Waals surface area contributed by atoms with Gasteiger partial charge in [0.2, 0.25) is 0 Å². The molecule has 0 heterocycles. The molecule has 2 atom stereocenters. The van der Waals surface area contributed by atoms with Crippen molar-refractivity contribution in [3.05, 3.63) is 0 Å². The number of rotatable bonds is 4. The summed E-state index contributed by atoms with van der Waals surface area (Å²) in [6.07, 6.45) is 2.11. The highest BCUT2D eigenvalue weighted by Crippen LogP contribution is 2.34. The van der Waals surface area contributed by atoms with E-state index in [4.69, 9.17) is 9.47 Å². The summed E-state index contributed by atoms with van der Waals surface area (Å²) in [6.45, 7) is 3.72. The molecule has 0 aromatic heterocycles. The van der Waals surface area contributed by atoms with Gasteiger partial charge in [0, 0.05) is 13.8 Å². The predicted molar refractivity (Wildman–Crippen MR) is 49.5 cm³/mol. The summed E-state index contributed by atoms with van der Waals surface area (Å²) in [4.78, 5) is 21.1. The van der Waals surface area contributed by atoms with E-state index in [0.717, 1.165) is 12.8 Å². The highest BCUT2D eigenvalue weighted by Gasteiger charge is 2.32. The molecule has 0 radical (unpaired) electrons. The second-order valence-electron chi connectivity index (χ2n) is 3.70. The van der Waals surface area contributed by atoms with Gasteiger partial charge >= 0.3 is 11.9 Å². The normalized spacial score (nSPS) is 25.0. The lowest BCUT2D eigenvalue weighted by Gasteiger charge is -2.35. The molecule has 80 valence electrons. The molecule has 0 N–H and O–H groups in total. The van der Waals surface area contributed by atoms with E-state index in [0.29, 0.717) is 25.0 Å². The van der Waals surface area contributed by atoms with Gasteiger partial charge in [0.05, 0.1) is 13.2 Å². The zero-order valence-corrected chi connectivity index (χ0v) is 8.62. The number of esters is 2. The topological polar surface area (TPSA) is 52.6 Å². The molecule has 1 saturated carbocycles. The number of carbonyl (C=O) groups excluding carboxylic acids is 2. The summed E-state index contributed by atoms with van der Waals surface area (Å²) < 4.78 is 9.81.